The second-order valence-electron chi connectivity index (χ2n) is 6.60. The molecule has 0 fully saturated rings. The zero-order valence-corrected chi connectivity index (χ0v) is 16.4. The average molecular weight is 391 g/mol. The topological polar surface area (TPSA) is 87.3 Å². The van der Waals surface area contributed by atoms with E-state index in [0.717, 1.165) is 22.6 Å². The number of aromatic nitrogens is 2. The Balaban J connectivity index is 1.73. The van der Waals surface area contributed by atoms with Gasteiger partial charge < -0.3 is 4.74 Å². The molecule has 7 heteroatoms. The quantitative estimate of drug-likeness (QED) is 0.263. The molecule has 29 heavy (non-hydrogen) atoms. The van der Waals surface area contributed by atoms with E-state index >= 15 is 0 Å². The van der Waals surface area contributed by atoms with Gasteiger partial charge in [0, 0.05) is 29.5 Å². The summed E-state index contributed by atoms with van der Waals surface area (Å²) in [4.78, 5) is 22.7. The summed E-state index contributed by atoms with van der Waals surface area (Å²) in [5.41, 5.74) is 4.00. The van der Waals surface area contributed by atoms with Crippen molar-refractivity contribution in [2.24, 2.45) is 0 Å². The monoisotopic (exact) mass is 391 g/mol. The van der Waals surface area contributed by atoms with E-state index < -0.39 is 17.0 Å². The molecule has 7 nitrogen and oxygen atoms in total. The van der Waals surface area contributed by atoms with Gasteiger partial charge in [0.1, 0.15) is 6.10 Å². The summed E-state index contributed by atoms with van der Waals surface area (Å²) >= 11 is 0. The first-order valence-electron chi connectivity index (χ1n) is 9.11. The molecule has 0 saturated heterocycles. The number of hydrogen-bond acceptors (Lipinski definition) is 5. The highest BCUT2D eigenvalue weighted by Crippen LogP contribution is 2.23. The molecule has 1 heterocycles. The van der Waals surface area contributed by atoms with Crippen LogP contribution in [0.4, 0.5) is 5.69 Å². The van der Waals surface area contributed by atoms with E-state index in [2.05, 4.69) is 5.10 Å². The lowest BCUT2D eigenvalue weighted by Gasteiger charge is -2.11. The minimum Gasteiger partial charge on any atom is -0.455 e. The highest BCUT2D eigenvalue weighted by molar-refractivity contribution is 5.87. The van der Waals surface area contributed by atoms with E-state index in [-0.39, 0.29) is 5.69 Å². The largest absolute Gasteiger partial charge is 0.455 e. The molecule has 0 unspecified atom stereocenters. The number of esters is 1. The summed E-state index contributed by atoms with van der Waals surface area (Å²) in [5, 5.41) is 15.4. The van der Waals surface area contributed by atoms with Gasteiger partial charge in [0.2, 0.25) is 0 Å². The van der Waals surface area contributed by atoms with Gasteiger partial charge in [-0.15, -0.1) is 0 Å². The molecule has 1 aromatic heterocycles. The molecular formula is C22H21N3O4. The second-order valence-corrected chi connectivity index (χ2v) is 6.60. The maximum Gasteiger partial charge on any atom is 0.331 e. The van der Waals surface area contributed by atoms with Crippen LogP contribution in [0.2, 0.25) is 0 Å². The highest BCUT2D eigenvalue weighted by Gasteiger charge is 2.15. The molecule has 0 N–H and O–H groups in total. The summed E-state index contributed by atoms with van der Waals surface area (Å²) in [5.74, 6) is -0.532. The van der Waals surface area contributed by atoms with Gasteiger partial charge in [0.05, 0.1) is 16.3 Å². The molecule has 3 aromatic rings. The van der Waals surface area contributed by atoms with Crippen LogP contribution in [0.5, 0.6) is 0 Å². The molecule has 0 bridgehead atoms. The molecule has 2 aromatic carbocycles. The van der Waals surface area contributed by atoms with Crippen LogP contribution in [0.15, 0.2) is 60.7 Å². The van der Waals surface area contributed by atoms with Crippen LogP contribution in [0.3, 0.4) is 0 Å². The molecule has 0 spiro atoms. The lowest BCUT2D eigenvalue weighted by Crippen LogP contribution is -2.06. The zero-order valence-electron chi connectivity index (χ0n) is 16.4. The van der Waals surface area contributed by atoms with Crippen molar-refractivity contribution in [3.05, 3.63) is 93.3 Å². The van der Waals surface area contributed by atoms with Gasteiger partial charge in [-0.05, 0) is 44.5 Å². The van der Waals surface area contributed by atoms with Crippen molar-refractivity contribution < 1.29 is 14.5 Å². The Morgan fingerprint density at radius 2 is 1.90 bits per heavy atom. The second kappa shape index (κ2) is 8.52. The van der Waals surface area contributed by atoms with E-state index in [4.69, 9.17) is 4.74 Å². The third kappa shape index (κ3) is 4.57. The van der Waals surface area contributed by atoms with Crippen LogP contribution in [0, 0.1) is 24.0 Å². The van der Waals surface area contributed by atoms with Crippen LogP contribution >= 0.6 is 0 Å². The normalized spacial score (nSPS) is 12.1. The fourth-order valence-electron chi connectivity index (χ4n) is 3.04. The smallest absolute Gasteiger partial charge is 0.331 e. The van der Waals surface area contributed by atoms with Gasteiger partial charge in [-0.2, -0.15) is 5.10 Å². The van der Waals surface area contributed by atoms with Crippen molar-refractivity contribution in [1.29, 1.82) is 0 Å². The zero-order chi connectivity index (χ0) is 21.0. The number of carbonyl (C=O) groups excluding carboxylic acids is 1. The number of nitrogens with zero attached hydrogens (tertiary/aromatic N) is 3. The molecule has 0 radical (unpaired) electrons. The van der Waals surface area contributed by atoms with Gasteiger partial charge in [-0.3, -0.25) is 10.1 Å². The minimum absolute atomic E-state index is 0.0412. The van der Waals surface area contributed by atoms with Crippen LogP contribution in [-0.2, 0) is 9.53 Å². The van der Waals surface area contributed by atoms with Crippen molar-refractivity contribution in [2.45, 2.75) is 26.9 Å². The molecule has 148 valence electrons. The number of hydrogen-bond donors (Lipinski definition) is 0. The number of nitro benzene ring substituents is 1. The van der Waals surface area contributed by atoms with E-state index in [9.17, 15) is 14.9 Å². The highest BCUT2D eigenvalue weighted by atomic mass is 16.6. The average Bonchev–Trinajstić information content (AvgIpc) is 3.00. The Kier molecular flexibility index (Phi) is 5.87. The van der Waals surface area contributed by atoms with Gasteiger partial charge in [-0.1, -0.05) is 30.3 Å². The lowest BCUT2D eigenvalue weighted by atomic mass is 10.1. The van der Waals surface area contributed by atoms with Crippen LogP contribution < -0.4 is 0 Å². The van der Waals surface area contributed by atoms with Gasteiger partial charge in [-0.25, -0.2) is 9.48 Å². The van der Waals surface area contributed by atoms with Crippen molar-refractivity contribution in [3.63, 3.8) is 0 Å². The van der Waals surface area contributed by atoms with Crippen LogP contribution in [0.25, 0.3) is 11.8 Å². The number of non-ortho nitro benzene ring substituents is 1. The summed E-state index contributed by atoms with van der Waals surface area (Å²) in [7, 11) is 0. The molecule has 3 rings (SSSR count). The van der Waals surface area contributed by atoms with Crippen LogP contribution in [0.1, 0.15) is 35.5 Å². The fraction of sp³-hybridized carbons (Fsp3) is 0.182. The maximum atomic E-state index is 12.2. The third-order valence-electron chi connectivity index (χ3n) is 4.58. The number of nitro groups is 1. The number of benzene rings is 2. The predicted molar refractivity (Wildman–Crippen MR) is 110 cm³/mol. The first-order chi connectivity index (χ1) is 13.9. The van der Waals surface area contributed by atoms with Crippen molar-refractivity contribution in [3.8, 4) is 5.69 Å². The summed E-state index contributed by atoms with van der Waals surface area (Å²) in [6, 6.07) is 15.8. The van der Waals surface area contributed by atoms with E-state index in [0.29, 0.717) is 5.56 Å². The van der Waals surface area contributed by atoms with Crippen molar-refractivity contribution >= 4 is 17.7 Å². The Labute approximate surface area is 168 Å². The van der Waals surface area contributed by atoms with E-state index in [1.54, 1.807) is 25.1 Å². The van der Waals surface area contributed by atoms with Crippen molar-refractivity contribution in [1.82, 2.24) is 9.78 Å². The van der Waals surface area contributed by atoms with Gasteiger partial charge in [0.15, 0.2) is 0 Å². The lowest BCUT2D eigenvalue weighted by molar-refractivity contribution is -0.385. The molecule has 0 aliphatic rings. The maximum absolute atomic E-state index is 12.2. The number of carbonyl (C=O) groups is 1. The molecule has 0 aliphatic carbocycles. The number of aryl methyl sites for hydroxylation is 1. The van der Waals surface area contributed by atoms with Crippen LogP contribution in [-0.4, -0.2) is 20.7 Å². The Hall–Kier alpha value is -3.74. The minimum atomic E-state index is -0.610. The molecule has 0 saturated carbocycles. The number of ether oxygens (including phenoxy) is 1. The van der Waals surface area contributed by atoms with E-state index in [1.165, 1.54) is 18.2 Å². The molecule has 0 amide bonds. The molecule has 0 aliphatic heterocycles. The first-order valence-corrected chi connectivity index (χ1v) is 9.11. The van der Waals surface area contributed by atoms with E-state index in [1.807, 2.05) is 48.9 Å². The number of para-hydroxylation sites is 1. The summed E-state index contributed by atoms with van der Waals surface area (Å²) in [6.45, 7) is 5.49. The standard InChI is InChI=1S/C22H21N3O4/c1-15-21(16(2)24(23-15)19-9-5-4-6-10-19)12-13-22(26)29-17(3)18-8-7-11-20(14-18)25(27)28/h4-14,17H,1-3H3/b13-12+/t17-/m1/s1. The first kappa shape index (κ1) is 20.0. The molecule has 1 atom stereocenters. The Bertz CT molecular complexity index is 1070. The van der Waals surface area contributed by atoms with Gasteiger partial charge >= 0.3 is 5.97 Å². The Morgan fingerprint density at radius 1 is 1.17 bits per heavy atom. The van der Waals surface area contributed by atoms with Crippen molar-refractivity contribution in [2.75, 3.05) is 0 Å². The predicted octanol–water partition coefficient (Wildman–Crippen LogP) is 4.71. The summed E-state index contributed by atoms with van der Waals surface area (Å²) < 4.78 is 7.21. The summed E-state index contributed by atoms with van der Waals surface area (Å²) in [6.07, 6.45) is 2.42. The third-order valence-corrected chi connectivity index (χ3v) is 4.58. The molecular weight excluding hydrogens is 370 g/mol. The van der Waals surface area contributed by atoms with Gasteiger partial charge in [0.25, 0.3) is 5.69 Å². The fourth-order valence-corrected chi connectivity index (χ4v) is 3.04. The SMILES string of the molecule is Cc1nn(-c2ccccc2)c(C)c1/C=C/C(=O)O[C@H](C)c1cccc([N+](=O)[O-])c1. The number of rotatable bonds is 6. The Morgan fingerprint density at radius 3 is 2.59 bits per heavy atom.